The van der Waals surface area contributed by atoms with Gasteiger partial charge in [0, 0.05) is 25.3 Å². The largest absolute Gasteiger partial charge is 0.494 e. The fourth-order valence-electron chi connectivity index (χ4n) is 3.30. The lowest BCUT2D eigenvalue weighted by Crippen LogP contribution is -2.36. The number of nitrogens with one attached hydrogen (secondary N) is 2. The molecule has 1 aliphatic rings. The van der Waals surface area contributed by atoms with E-state index >= 15 is 0 Å². The van der Waals surface area contributed by atoms with E-state index in [9.17, 15) is 18.0 Å². The van der Waals surface area contributed by atoms with Crippen molar-refractivity contribution in [1.29, 1.82) is 0 Å². The molecule has 2 aromatic carbocycles. The number of amides is 2. The first-order valence-corrected chi connectivity index (χ1v) is 11.8. The summed E-state index contributed by atoms with van der Waals surface area (Å²) >= 11 is 0. The summed E-state index contributed by atoms with van der Waals surface area (Å²) in [5, 5.41) is 5.10. The van der Waals surface area contributed by atoms with Gasteiger partial charge in [0.2, 0.25) is 10.0 Å². The second-order valence-electron chi connectivity index (χ2n) is 7.17. The van der Waals surface area contributed by atoms with Gasteiger partial charge in [-0.15, -0.1) is 0 Å². The second-order valence-corrected chi connectivity index (χ2v) is 9.11. The van der Waals surface area contributed by atoms with Crippen LogP contribution in [-0.4, -0.2) is 50.8 Å². The molecule has 0 atom stereocenters. The molecule has 2 N–H and O–H groups in total. The van der Waals surface area contributed by atoms with Crippen LogP contribution in [0.4, 0.5) is 5.69 Å². The van der Waals surface area contributed by atoms with Crippen LogP contribution in [0.15, 0.2) is 53.4 Å². The number of anilines is 1. The first kappa shape index (κ1) is 22.8. The summed E-state index contributed by atoms with van der Waals surface area (Å²) in [5.74, 6) is -0.803. The van der Waals surface area contributed by atoms with Gasteiger partial charge >= 0.3 is 11.8 Å². The van der Waals surface area contributed by atoms with Crippen LogP contribution in [-0.2, 0) is 26.0 Å². The Morgan fingerprint density at radius 2 is 1.61 bits per heavy atom. The maximum atomic E-state index is 12.5. The van der Waals surface area contributed by atoms with Gasteiger partial charge in [0.15, 0.2) is 0 Å². The number of carbonyl (C=O) groups is 2. The van der Waals surface area contributed by atoms with Crippen LogP contribution in [0.3, 0.4) is 0 Å². The molecule has 1 fully saturated rings. The van der Waals surface area contributed by atoms with Crippen LogP contribution in [0, 0.1) is 0 Å². The minimum Gasteiger partial charge on any atom is -0.494 e. The molecular weight excluding hydrogens is 418 g/mol. The Labute approximate surface area is 182 Å². The van der Waals surface area contributed by atoms with E-state index in [-0.39, 0.29) is 11.4 Å². The molecule has 166 valence electrons. The maximum absolute atomic E-state index is 12.5. The smallest absolute Gasteiger partial charge is 0.313 e. The number of sulfonamides is 1. The van der Waals surface area contributed by atoms with Crippen LogP contribution in [0.25, 0.3) is 0 Å². The molecule has 8 nitrogen and oxygen atoms in total. The molecule has 0 radical (unpaired) electrons. The Hall–Kier alpha value is -2.91. The summed E-state index contributed by atoms with van der Waals surface area (Å²) in [6.45, 7) is 3.81. The summed E-state index contributed by atoms with van der Waals surface area (Å²) < 4.78 is 31.9. The Kier molecular flexibility index (Phi) is 7.64. The predicted octanol–water partition coefficient (Wildman–Crippen LogP) is 2.17. The minimum atomic E-state index is -3.43. The molecule has 1 saturated heterocycles. The molecule has 0 unspecified atom stereocenters. The summed E-state index contributed by atoms with van der Waals surface area (Å²) in [4.78, 5) is 24.3. The van der Waals surface area contributed by atoms with Gasteiger partial charge in [-0.3, -0.25) is 9.59 Å². The van der Waals surface area contributed by atoms with Crippen molar-refractivity contribution >= 4 is 27.5 Å². The van der Waals surface area contributed by atoms with E-state index in [1.165, 1.54) is 4.31 Å². The molecule has 0 bridgehead atoms. The van der Waals surface area contributed by atoms with Crippen molar-refractivity contribution in [2.75, 3.05) is 31.6 Å². The first-order chi connectivity index (χ1) is 14.9. The highest BCUT2D eigenvalue weighted by molar-refractivity contribution is 7.89. The third-order valence-electron chi connectivity index (χ3n) is 4.95. The van der Waals surface area contributed by atoms with Gasteiger partial charge in [-0.05, 0) is 68.1 Å². The molecule has 9 heteroatoms. The summed E-state index contributed by atoms with van der Waals surface area (Å²) in [7, 11) is -3.43. The fourth-order valence-corrected chi connectivity index (χ4v) is 4.81. The first-order valence-electron chi connectivity index (χ1n) is 10.3. The number of hydrogen-bond acceptors (Lipinski definition) is 5. The monoisotopic (exact) mass is 445 g/mol. The van der Waals surface area contributed by atoms with E-state index in [1.807, 2.05) is 6.92 Å². The van der Waals surface area contributed by atoms with E-state index in [2.05, 4.69) is 10.6 Å². The zero-order chi connectivity index (χ0) is 22.3. The van der Waals surface area contributed by atoms with Crippen LogP contribution < -0.4 is 15.4 Å². The lowest BCUT2D eigenvalue weighted by molar-refractivity contribution is -0.136. The van der Waals surface area contributed by atoms with Crippen molar-refractivity contribution < 1.29 is 22.7 Å². The maximum Gasteiger partial charge on any atom is 0.313 e. The Balaban J connectivity index is 1.46. The van der Waals surface area contributed by atoms with Gasteiger partial charge in [0.25, 0.3) is 0 Å². The fraction of sp³-hybridized carbons (Fsp3) is 0.364. The topological polar surface area (TPSA) is 105 Å². The van der Waals surface area contributed by atoms with Crippen LogP contribution in [0.2, 0.25) is 0 Å². The zero-order valence-electron chi connectivity index (χ0n) is 17.5. The number of rotatable bonds is 8. The third-order valence-corrected chi connectivity index (χ3v) is 6.87. The average Bonchev–Trinajstić information content (AvgIpc) is 3.31. The van der Waals surface area contributed by atoms with Gasteiger partial charge in [-0.25, -0.2) is 8.42 Å². The van der Waals surface area contributed by atoms with Crippen molar-refractivity contribution in [1.82, 2.24) is 9.62 Å². The molecule has 1 aliphatic heterocycles. The molecule has 0 aliphatic carbocycles. The van der Waals surface area contributed by atoms with Crippen molar-refractivity contribution in [3.8, 4) is 5.75 Å². The van der Waals surface area contributed by atoms with Crippen LogP contribution in [0.5, 0.6) is 5.75 Å². The molecule has 1 heterocycles. The molecule has 0 aromatic heterocycles. The van der Waals surface area contributed by atoms with Gasteiger partial charge in [-0.1, -0.05) is 12.1 Å². The summed E-state index contributed by atoms with van der Waals surface area (Å²) in [6.07, 6.45) is 2.26. The Morgan fingerprint density at radius 3 is 2.23 bits per heavy atom. The summed E-state index contributed by atoms with van der Waals surface area (Å²) in [5.41, 5.74) is 1.37. The van der Waals surface area contributed by atoms with E-state index in [4.69, 9.17) is 4.74 Å². The van der Waals surface area contributed by atoms with E-state index < -0.39 is 21.8 Å². The van der Waals surface area contributed by atoms with Crippen molar-refractivity contribution in [2.24, 2.45) is 0 Å². The van der Waals surface area contributed by atoms with Gasteiger partial charge in [0.1, 0.15) is 5.75 Å². The Morgan fingerprint density at radius 1 is 0.968 bits per heavy atom. The molecule has 31 heavy (non-hydrogen) atoms. The van der Waals surface area contributed by atoms with E-state index in [0.29, 0.717) is 37.6 Å². The minimum absolute atomic E-state index is 0.258. The summed E-state index contributed by atoms with van der Waals surface area (Å²) in [6, 6.07) is 13.4. The van der Waals surface area contributed by atoms with Crippen LogP contribution >= 0.6 is 0 Å². The highest BCUT2D eigenvalue weighted by atomic mass is 32.2. The molecule has 0 spiro atoms. The second kappa shape index (κ2) is 10.4. The lowest BCUT2D eigenvalue weighted by atomic mass is 10.1. The SMILES string of the molecule is CCOc1ccc(NC(=O)C(=O)NCCc2ccc(S(=O)(=O)N3CCCC3)cc2)cc1. The number of benzene rings is 2. The molecule has 2 aromatic rings. The third kappa shape index (κ3) is 6.05. The zero-order valence-corrected chi connectivity index (χ0v) is 18.3. The van der Waals surface area contributed by atoms with E-state index in [0.717, 1.165) is 18.4 Å². The standard InChI is InChI=1S/C22H27N3O5S/c1-2-30-19-9-7-18(8-10-19)24-22(27)21(26)23-14-13-17-5-11-20(12-6-17)31(28,29)25-15-3-4-16-25/h5-12H,2-4,13-16H2,1H3,(H,23,26)(H,24,27). The van der Waals surface area contributed by atoms with Crippen molar-refractivity contribution in [3.05, 3.63) is 54.1 Å². The molecule has 2 amide bonds. The van der Waals surface area contributed by atoms with Gasteiger partial charge in [-0.2, -0.15) is 4.31 Å². The molecule has 3 rings (SSSR count). The molecule has 0 saturated carbocycles. The Bertz CT molecular complexity index is 998. The lowest BCUT2D eigenvalue weighted by Gasteiger charge is -2.15. The molecular formula is C22H27N3O5S. The number of hydrogen-bond donors (Lipinski definition) is 2. The van der Waals surface area contributed by atoms with Gasteiger partial charge < -0.3 is 15.4 Å². The van der Waals surface area contributed by atoms with E-state index in [1.54, 1.807) is 48.5 Å². The normalized spacial score (nSPS) is 14.2. The number of nitrogens with zero attached hydrogens (tertiary/aromatic N) is 1. The van der Waals surface area contributed by atoms with Crippen LogP contribution in [0.1, 0.15) is 25.3 Å². The van der Waals surface area contributed by atoms with Crippen molar-refractivity contribution in [2.45, 2.75) is 31.1 Å². The number of ether oxygens (including phenoxy) is 1. The highest BCUT2D eigenvalue weighted by Gasteiger charge is 2.26. The number of carbonyl (C=O) groups excluding carboxylic acids is 2. The van der Waals surface area contributed by atoms with Gasteiger partial charge in [0.05, 0.1) is 11.5 Å². The van der Waals surface area contributed by atoms with Crippen molar-refractivity contribution in [3.63, 3.8) is 0 Å². The highest BCUT2D eigenvalue weighted by Crippen LogP contribution is 2.21. The predicted molar refractivity (Wildman–Crippen MR) is 117 cm³/mol. The average molecular weight is 446 g/mol. The quantitative estimate of drug-likeness (QED) is 0.606.